The van der Waals surface area contributed by atoms with E-state index in [-0.39, 0.29) is 5.91 Å². The molecule has 0 radical (unpaired) electrons. The lowest BCUT2D eigenvalue weighted by Gasteiger charge is -2.08. The molecule has 0 atom stereocenters. The Kier molecular flexibility index (Phi) is 4.55. The minimum absolute atomic E-state index is 0.0442. The van der Waals surface area contributed by atoms with Gasteiger partial charge in [-0.15, -0.1) is 0 Å². The van der Waals surface area contributed by atoms with Crippen molar-refractivity contribution in [3.8, 4) is 0 Å². The Morgan fingerprint density at radius 3 is 2.52 bits per heavy atom. The number of amidine groups is 1. The molecule has 3 rings (SSSR count). The molecule has 0 bridgehead atoms. The topological polar surface area (TPSA) is 32.7 Å². The Morgan fingerprint density at radius 1 is 1.13 bits per heavy atom. The zero-order valence-corrected chi connectivity index (χ0v) is 14.4. The third kappa shape index (κ3) is 3.49. The molecule has 0 aromatic heterocycles. The van der Waals surface area contributed by atoms with Gasteiger partial charge in [0.1, 0.15) is 0 Å². The maximum Gasteiger partial charge on any atom is 0.266 e. The van der Waals surface area contributed by atoms with Crippen LogP contribution in [0.5, 0.6) is 0 Å². The first kappa shape index (κ1) is 15.8. The number of hydrogen-bond donors (Lipinski definition) is 0. The van der Waals surface area contributed by atoms with E-state index in [9.17, 15) is 4.79 Å². The van der Waals surface area contributed by atoms with E-state index in [4.69, 9.17) is 11.6 Å². The first-order chi connectivity index (χ1) is 11.0. The van der Waals surface area contributed by atoms with Gasteiger partial charge in [0.05, 0.1) is 10.6 Å². The van der Waals surface area contributed by atoms with Crippen molar-refractivity contribution in [2.75, 3.05) is 7.05 Å². The number of likely N-dealkylation sites (N-methyl/N-ethyl adjacent to an activating group) is 1. The second-order valence-electron chi connectivity index (χ2n) is 5.21. The zero-order valence-electron chi connectivity index (χ0n) is 12.8. The van der Waals surface area contributed by atoms with E-state index in [1.54, 1.807) is 11.9 Å². The largest absolute Gasteiger partial charge is 0.290 e. The minimum Gasteiger partial charge on any atom is -0.290 e. The maximum absolute atomic E-state index is 12.4. The van der Waals surface area contributed by atoms with Crippen molar-refractivity contribution in [3.05, 3.63) is 69.6 Å². The maximum atomic E-state index is 12.4. The molecule has 3 nitrogen and oxygen atoms in total. The number of carbonyl (C=O) groups excluding carboxylic acids is 1. The summed E-state index contributed by atoms with van der Waals surface area (Å²) >= 11 is 7.27. The van der Waals surface area contributed by atoms with Gasteiger partial charge < -0.3 is 0 Å². The average molecular weight is 343 g/mol. The predicted molar refractivity (Wildman–Crippen MR) is 98.1 cm³/mol. The van der Waals surface area contributed by atoms with E-state index < -0.39 is 0 Å². The Labute approximate surface area is 144 Å². The van der Waals surface area contributed by atoms with Crippen LogP contribution in [0.3, 0.4) is 0 Å². The molecule has 0 saturated carbocycles. The third-order valence-corrected chi connectivity index (χ3v) is 4.81. The molecule has 2 aromatic rings. The molecule has 116 valence electrons. The van der Waals surface area contributed by atoms with Crippen LogP contribution in [-0.4, -0.2) is 23.0 Å². The Morgan fingerprint density at radius 2 is 1.83 bits per heavy atom. The van der Waals surface area contributed by atoms with Crippen LogP contribution in [0.25, 0.3) is 6.08 Å². The SMILES string of the molecule is Cc1ccccc1N=C1S/C(=C/c2ccc(Cl)cc2)C(=O)N1C. The summed E-state index contributed by atoms with van der Waals surface area (Å²) in [5.41, 5.74) is 2.90. The average Bonchev–Trinajstić information content (AvgIpc) is 2.80. The molecule has 1 aliphatic heterocycles. The fourth-order valence-corrected chi connectivity index (χ4v) is 3.26. The number of nitrogens with zero attached hydrogens (tertiary/aromatic N) is 2. The van der Waals surface area contributed by atoms with Crippen molar-refractivity contribution >= 4 is 46.2 Å². The lowest BCUT2D eigenvalue weighted by molar-refractivity contribution is -0.121. The number of amides is 1. The van der Waals surface area contributed by atoms with Crippen LogP contribution in [0.15, 0.2) is 58.4 Å². The van der Waals surface area contributed by atoms with Gasteiger partial charge >= 0.3 is 0 Å². The molecule has 1 aliphatic rings. The lowest BCUT2D eigenvalue weighted by Crippen LogP contribution is -2.23. The second-order valence-corrected chi connectivity index (χ2v) is 6.65. The normalized spacial score (nSPS) is 18.2. The van der Waals surface area contributed by atoms with E-state index in [1.165, 1.54) is 11.8 Å². The van der Waals surface area contributed by atoms with Gasteiger partial charge in [0, 0.05) is 12.1 Å². The predicted octanol–water partition coefficient (Wildman–Crippen LogP) is 4.88. The molecule has 0 spiro atoms. The summed E-state index contributed by atoms with van der Waals surface area (Å²) in [6, 6.07) is 15.3. The molecule has 5 heteroatoms. The number of carbonyl (C=O) groups is 1. The van der Waals surface area contributed by atoms with Crippen LogP contribution in [0.1, 0.15) is 11.1 Å². The third-order valence-electron chi connectivity index (χ3n) is 3.50. The first-order valence-electron chi connectivity index (χ1n) is 7.12. The van der Waals surface area contributed by atoms with E-state index in [1.807, 2.05) is 61.5 Å². The smallest absolute Gasteiger partial charge is 0.266 e. The fraction of sp³-hybridized carbons (Fsp3) is 0.111. The van der Waals surface area contributed by atoms with Crippen molar-refractivity contribution in [2.24, 2.45) is 4.99 Å². The Hall–Kier alpha value is -2.04. The number of aryl methyl sites for hydroxylation is 1. The summed E-state index contributed by atoms with van der Waals surface area (Å²) in [7, 11) is 1.75. The number of thioether (sulfide) groups is 1. The van der Waals surface area contributed by atoms with E-state index in [0.29, 0.717) is 15.1 Å². The van der Waals surface area contributed by atoms with Gasteiger partial charge in [-0.2, -0.15) is 0 Å². The molecular weight excluding hydrogens is 328 g/mol. The zero-order chi connectivity index (χ0) is 16.4. The fourth-order valence-electron chi connectivity index (χ4n) is 2.15. The number of hydrogen-bond acceptors (Lipinski definition) is 3. The summed E-state index contributed by atoms with van der Waals surface area (Å²) in [6.45, 7) is 2.01. The van der Waals surface area contributed by atoms with Gasteiger partial charge in [0.15, 0.2) is 5.17 Å². The first-order valence-corrected chi connectivity index (χ1v) is 8.31. The van der Waals surface area contributed by atoms with Crippen molar-refractivity contribution in [1.29, 1.82) is 0 Å². The summed E-state index contributed by atoms with van der Waals surface area (Å²) in [5, 5.41) is 1.36. The number of para-hydroxylation sites is 1. The number of aliphatic imine (C=N–C) groups is 1. The van der Waals surface area contributed by atoms with Crippen molar-refractivity contribution < 1.29 is 4.79 Å². The molecule has 1 saturated heterocycles. The number of halogens is 1. The van der Waals surface area contributed by atoms with Gasteiger partial charge in [-0.3, -0.25) is 9.69 Å². The van der Waals surface area contributed by atoms with Crippen LogP contribution < -0.4 is 0 Å². The lowest BCUT2D eigenvalue weighted by atomic mass is 10.2. The van der Waals surface area contributed by atoms with E-state index in [2.05, 4.69) is 4.99 Å². The number of rotatable bonds is 2. The van der Waals surface area contributed by atoms with Crippen LogP contribution in [0, 0.1) is 6.92 Å². The summed E-state index contributed by atoms with van der Waals surface area (Å²) in [5.74, 6) is -0.0442. The molecular formula is C18H15ClN2OS. The Balaban J connectivity index is 1.91. The van der Waals surface area contributed by atoms with Gasteiger partial charge in [0.25, 0.3) is 5.91 Å². The molecule has 0 aliphatic carbocycles. The summed E-state index contributed by atoms with van der Waals surface area (Å²) in [6.07, 6.45) is 1.86. The van der Waals surface area contributed by atoms with E-state index in [0.717, 1.165) is 16.8 Å². The van der Waals surface area contributed by atoms with Gasteiger partial charge in [-0.05, 0) is 54.1 Å². The molecule has 0 unspecified atom stereocenters. The van der Waals surface area contributed by atoms with Crippen LogP contribution in [0.2, 0.25) is 5.02 Å². The minimum atomic E-state index is -0.0442. The molecule has 2 aromatic carbocycles. The molecule has 0 N–H and O–H groups in total. The van der Waals surface area contributed by atoms with Gasteiger partial charge in [-0.25, -0.2) is 4.99 Å². The molecule has 1 amide bonds. The van der Waals surface area contributed by atoms with Crippen molar-refractivity contribution in [2.45, 2.75) is 6.92 Å². The van der Waals surface area contributed by atoms with Crippen molar-refractivity contribution in [1.82, 2.24) is 4.90 Å². The standard InChI is InChI=1S/C18H15ClN2OS/c1-12-5-3-4-6-15(12)20-18-21(2)17(22)16(23-18)11-13-7-9-14(19)10-8-13/h3-11H,1-2H3/b16-11+,20-18?. The monoisotopic (exact) mass is 342 g/mol. The highest BCUT2D eigenvalue weighted by molar-refractivity contribution is 8.18. The Bertz CT molecular complexity index is 812. The highest BCUT2D eigenvalue weighted by atomic mass is 35.5. The van der Waals surface area contributed by atoms with Crippen LogP contribution >= 0.6 is 23.4 Å². The van der Waals surface area contributed by atoms with Crippen LogP contribution in [-0.2, 0) is 4.79 Å². The number of benzene rings is 2. The van der Waals surface area contributed by atoms with Gasteiger partial charge in [-0.1, -0.05) is 41.9 Å². The molecule has 23 heavy (non-hydrogen) atoms. The van der Waals surface area contributed by atoms with E-state index >= 15 is 0 Å². The highest BCUT2D eigenvalue weighted by Crippen LogP contribution is 2.33. The highest BCUT2D eigenvalue weighted by Gasteiger charge is 2.30. The van der Waals surface area contributed by atoms with Crippen molar-refractivity contribution in [3.63, 3.8) is 0 Å². The molecule has 1 fully saturated rings. The summed E-state index contributed by atoms with van der Waals surface area (Å²) < 4.78 is 0. The summed E-state index contributed by atoms with van der Waals surface area (Å²) in [4.78, 5) is 19.2. The second kappa shape index (κ2) is 6.60. The quantitative estimate of drug-likeness (QED) is 0.728. The van der Waals surface area contributed by atoms with Gasteiger partial charge in [0.2, 0.25) is 0 Å². The van der Waals surface area contributed by atoms with Crippen LogP contribution in [0.4, 0.5) is 5.69 Å². The molecule has 1 heterocycles.